The fourth-order valence-corrected chi connectivity index (χ4v) is 22.9. The molecule has 0 aromatic carbocycles. The first-order chi connectivity index (χ1) is 12.3. The van der Waals surface area contributed by atoms with Gasteiger partial charge in [-0.25, -0.2) is 0 Å². The summed E-state index contributed by atoms with van der Waals surface area (Å²) < 4.78 is 5.90. The molecule has 0 saturated heterocycles. The van der Waals surface area contributed by atoms with Crippen molar-refractivity contribution in [3.05, 3.63) is 65.3 Å². The van der Waals surface area contributed by atoms with Crippen molar-refractivity contribution in [2.45, 2.75) is 77.5 Å². The summed E-state index contributed by atoms with van der Waals surface area (Å²) >= 11 is -3.07. The summed E-state index contributed by atoms with van der Waals surface area (Å²) in [6.07, 6.45) is 4.44. The van der Waals surface area contributed by atoms with Crippen LogP contribution in [0.5, 0.6) is 0 Å². The Kier molecular flexibility index (Phi) is 6.11. The van der Waals surface area contributed by atoms with Crippen molar-refractivity contribution >= 4 is 0 Å². The maximum absolute atomic E-state index is 4.24. The summed E-state index contributed by atoms with van der Waals surface area (Å²) in [4.78, 5) is 0. The van der Waals surface area contributed by atoms with Gasteiger partial charge in [-0.1, -0.05) is 0 Å². The third kappa shape index (κ3) is 3.04. The number of allylic oxidation sites excluding steroid dienone is 10. The van der Waals surface area contributed by atoms with Gasteiger partial charge in [-0.15, -0.1) is 0 Å². The van der Waals surface area contributed by atoms with Gasteiger partial charge in [-0.05, 0) is 0 Å². The van der Waals surface area contributed by atoms with E-state index in [0.717, 1.165) is 8.26 Å². The van der Waals surface area contributed by atoms with Crippen LogP contribution < -0.4 is 0 Å². The molecule has 0 atom stereocenters. The van der Waals surface area contributed by atoms with E-state index in [1.54, 1.807) is 28.9 Å². The SMILES string of the molecule is C=C[CH2][Zr]([CH2]C=C)([C]1=C(C)C(C)=C(C)C1(C)C)[C]1=C(C)C(C)=C(C)C1(C)C. The zero-order valence-corrected chi connectivity index (χ0v) is 21.9. The molecule has 2 aliphatic carbocycles. The van der Waals surface area contributed by atoms with Gasteiger partial charge >= 0.3 is 174 Å². The molecule has 0 aliphatic heterocycles. The molecule has 1 heteroatoms. The molecule has 0 aromatic rings. The van der Waals surface area contributed by atoms with Crippen LogP contribution in [0, 0.1) is 10.8 Å². The second kappa shape index (κ2) is 7.29. The molecule has 0 bridgehead atoms. The third-order valence-electron chi connectivity index (χ3n) is 8.07. The molecule has 0 nitrogen and oxygen atoms in total. The fraction of sp³-hybridized carbons (Fsp3) is 0.538. The molecule has 0 saturated carbocycles. The quantitative estimate of drug-likeness (QED) is 0.360. The molecule has 0 fully saturated rings. The molecule has 27 heavy (non-hydrogen) atoms. The zero-order chi connectivity index (χ0) is 20.9. The van der Waals surface area contributed by atoms with Crippen molar-refractivity contribution in [1.82, 2.24) is 0 Å². The first kappa shape index (κ1) is 22.6. The molecule has 2 aliphatic rings. The predicted octanol–water partition coefficient (Wildman–Crippen LogP) is 8.65. The average molecular weight is 444 g/mol. The van der Waals surface area contributed by atoms with Gasteiger partial charge in [0.05, 0.1) is 0 Å². The molecule has 0 unspecified atom stereocenters. The zero-order valence-electron chi connectivity index (χ0n) is 19.5. The van der Waals surface area contributed by atoms with E-state index in [-0.39, 0.29) is 10.8 Å². The van der Waals surface area contributed by atoms with Crippen LogP contribution in [0.3, 0.4) is 0 Å². The second-order valence-electron chi connectivity index (χ2n) is 9.82. The molecule has 0 heterocycles. The predicted molar refractivity (Wildman–Crippen MR) is 120 cm³/mol. The number of rotatable bonds is 6. The van der Waals surface area contributed by atoms with Crippen LogP contribution in [0.4, 0.5) is 0 Å². The van der Waals surface area contributed by atoms with Gasteiger partial charge in [0, 0.05) is 0 Å². The molecule has 0 aromatic heterocycles. The van der Waals surface area contributed by atoms with Crippen molar-refractivity contribution in [2.24, 2.45) is 10.8 Å². The molecule has 0 amide bonds. The van der Waals surface area contributed by atoms with E-state index in [1.165, 1.54) is 11.1 Å². The first-order valence-electron chi connectivity index (χ1n) is 10.3. The van der Waals surface area contributed by atoms with E-state index >= 15 is 0 Å². The molecule has 0 N–H and O–H groups in total. The summed E-state index contributed by atoms with van der Waals surface area (Å²) in [5, 5.41) is 0. The van der Waals surface area contributed by atoms with Crippen molar-refractivity contribution in [3.63, 3.8) is 0 Å². The minimum absolute atomic E-state index is 0.143. The molecule has 148 valence electrons. The summed E-state index contributed by atoms with van der Waals surface area (Å²) in [7, 11) is 0. The van der Waals surface area contributed by atoms with Crippen molar-refractivity contribution in [3.8, 4) is 0 Å². The van der Waals surface area contributed by atoms with E-state index in [4.69, 9.17) is 0 Å². The van der Waals surface area contributed by atoms with Gasteiger partial charge < -0.3 is 0 Å². The van der Waals surface area contributed by atoms with Crippen LogP contribution in [0.25, 0.3) is 0 Å². The van der Waals surface area contributed by atoms with Crippen LogP contribution in [0.15, 0.2) is 65.3 Å². The topological polar surface area (TPSA) is 0 Å². The van der Waals surface area contributed by atoms with Crippen molar-refractivity contribution in [1.29, 1.82) is 0 Å². The number of hydrogen-bond donors (Lipinski definition) is 0. The van der Waals surface area contributed by atoms with Crippen molar-refractivity contribution in [2.75, 3.05) is 0 Å². The molecule has 0 spiro atoms. The summed E-state index contributed by atoms with van der Waals surface area (Å²) in [6.45, 7) is 32.4. The Bertz CT molecular complexity index is 748. The Labute approximate surface area is 173 Å². The molecular formula is C26H40Zr. The fourth-order valence-electron chi connectivity index (χ4n) is 6.21. The summed E-state index contributed by atoms with van der Waals surface area (Å²) in [5.41, 5.74) is 9.55. The molecular weight excluding hydrogens is 404 g/mol. The Morgan fingerprint density at radius 3 is 1.11 bits per heavy atom. The Hall–Kier alpha value is -0.677. The maximum atomic E-state index is 4.24. The molecule has 0 radical (unpaired) electrons. The van der Waals surface area contributed by atoms with Crippen LogP contribution >= 0.6 is 0 Å². The Balaban J connectivity index is 2.94. The Morgan fingerprint density at radius 1 is 0.630 bits per heavy atom. The van der Waals surface area contributed by atoms with Crippen LogP contribution in [-0.2, 0) is 20.3 Å². The van der Waals surface area contributed by atoms with E-state index in [1.807, 2.05) is 0 Å². The Morgan fingerprint density at radius 2 is 0.926 bits per heavy atom. The van der Waals surface area contributed by atoms with Gasteiger partial charge in [-0.3, -0.25) is 0 Å². The van der Waals surface area contributed by atoms with E-state index < -0.39 is 20.3 Å². The normalized spacial score (nSPS) is 22.3. The van der Waals surface area contributed by atoms with Gasteiger partial charge in [0.15, 0.2) is 0 Å². The van der Waals surface area contributed by atoms with Gasteiger partial charge in [0.2, 0.25) is 0 Å². The van der Waals surface area contributed by atoms with Crippen LogP contribution in [0.1, 0.15) is 69.2 Å². The standard InChI is InChI=1S/2C10H15.2C3H5.Zr/c2*1-7-6-10(4,5)9(3)8(7)2;2*1-3-2;/h2*1-5H3;2*3H,1-2H2;. The van der Waals surface area contributed by atoms with Gasteiger partial charge in [0.1, 0.15) is 0 Å². The van der Waals surface area contributed by atoms with Gasteiger partial charge in [-0.2, -0.15) is 0 Å². The average Bonchev–Trinajstić information content (AvgIpc) is 2.82. The minimum atomic E-state index is -3.07. The summed E-state index contributed by atoms with van der Waals surface area (Å²) in [6, 6.07) is 0. The number of hydrogen-bond acceptors (Lipinski definition) is 0. The van der Waals surface area contributed by atoms with Crippen LogP contribution in [-0.4, -0.2) is 0 Å². The van der Waals surface area contributed by atoms with E-state index in [2.05, 4.69) is 94.5 Å². The monoisotopic (exact) mass is 442 g/mol. The molecule has 2 rings (SSSR count). The van der Waals surface area contributed by atoms with Crippen LogP contribution in [0.2, 0.25) is 8.26 Å². The third-order valence-corrected chi connectivity index (χ3v) is 22.5. The van der Waals surface area contributed by atoms with Crippen molar-refractivity contribution < 1.29 is 20.3 Å². The summed E-state index contributed by atoms with van der Waals surface area (Å²) in [5.74, 6) is 0. The van der Waals surface area contributed by atoms with E-state index in [0.29, 0.717) is 0 Å². The van der Waals surface area contributed by atoms with E-state index in [9.17, 15) is 0 Å². The first-order valence-corrected chi connectivity index (χ1v) is 16.3. The second-order valence-corrected chi connectivity index (χ2v) is 19.6. The van der Waals surface area contributed by atoms with Gasteiger partial charge in [0.25, 0.3) is 0 Å².